The van der Waals surface area contributed by atoms with Crippen molar-refractivity contribution < 1.29 is 20.1 Å². The zero-order valence-electron chi connectivity index (χ0n) is 16.4. The van der Waals surface area contributed by atoms with Crippen LogP contribution in [0.1, 0.15) is 0 Å². The van der Waals surface area contributed by atoms with E-state index in [0.29, 0.717) is 54.7 Å². The summed E-state index contributed by atoms with van der Waals surface area (Å²) < 4.78 is 5.40. The molecule has 1 aromatic carbocycles. The molecule has 0 fully saturated rings. The molecule has 0 atom stereocenters. The summed E-state index contributed by atoms with van der Waals surface area (Å²) in [4.78, 5) is 11.0. The van der Waals surface area contributed by atoms with Gasteiger partial charge in [0.2, 0.25) is 0 Å². The molecule has 0 heterocycles. The number of benzene rings is 1. The molecular weight excluding hydrogens is 374 g/mol. The molecule has 29 heavy (non-hydrogen) atoms. The molecule has 9 heteroatoms. The fraction of sp³-hybridized carbons (Fsp3) is 0.400. The van der Waals surface area contributed by atoms with Crippen LogP contribution < -0.4 is 16.2 Å². The van der Waals surface area contributed by atoms with E-state index in [0.717, 1.165) is 5.71 Å². The Morgan fingerprint density at radius 1 is 0.828 bits per heavy atom. The second kappa shape index (κ2) is 12.0. The summed E-state index contributed by atoms with van der Waals surface area (Å²) in [5.41, 5.74) is 14.7. The molecule has 0 spiro atoms. The van der Waals surface area contributed by atoms with E-state index in [-0.39, 0.29) is 26.4 Å². The van der Waals surface area contributed by atoms with Crippen molar-refractivity contribution in [3.05, 3.63) is 36.4 Å². The zero-order valence-corrected chi connectivity index (χ0v) is 16.4. The van der Waals surface area contributed by atoms with Gasteiger partial charge in [-0.15, -0.1) is 0 Å². The normalized spacial score (nSPS) is 13.2. The first-order chi connectivity index (χ1) is 14.1. The summed E-state index contributed by atoms with van der Waals surface area (Å²) >= 11 is 0. The van der Waals surface area contributed by atoms with Crippen molar-refractivity contribution in [3.8, 4) is 5.75 Å². The van der Waals surface area contributed by atoms with E-state index in [2.05, 4.69) is 9.98 Å². The number of anilines is 2. The second-order valence-electron chi connectivity index (χ2n) is 6.32. The number of rotatable bonds is 11. The third-order valence-electron chi connectivity index (χ3n) is 4.15. The van der Waals surface area contributed by atoms with Gasteiger partial charge < -0.3 is 31.5 Å². The molecule has 1 aliphatic rings. The zero-order chi connectivity index (χ0) is 21.1. The SMILES string of the molecule is Nc1cc(N)c(OCCO)cc1N=C1C=CC(=NCCN(CCO)CCO)C=C1. The van der Waals surface area contributed by atoms with Gasteiger partial charge in [0.25, 0.3) is 0 Å². The predicted octanol–water partition coefficient (Wildman–Crippen LogP) is 0.148. The van der Waals surface area contributed by atoms with Crippen LogP contribution in [0, 0.1) is 0 Å². The molecule has 0 aromatic heterocycles. The van der Waals surface area contributed by atoms with Gasteiger partial charge in [0.15, 0.2) is 0 Å². The van der Waals surface area contributed by atoms with Gasteiger partial charge in [0.1, 0.15) is 12.4 Å². The Bertz CT molecular complexity index is 765. The Balaban J connectivity index is 2.01. The number of aliphatic hydroxyl groups is 3. The summed E-state index contributed by atoms with van der Waals surface area (Å²) in [5, 5.41) is 27.0. The van der Waals surface area contributed by atoms with Crippen LogP contribution in [-0.4, -0.2) is 84.2 Å². The number of nitrogen functional groups attached to an aromatic ring is 2. The summed E-state index contributed by atoms with van der Waals surface area (Å²) in [6.07, 6.45) is 7.39. The number of allylic oxidation sites excluding steroid dienone is 4. The molecule has 0 radical (unpaired) electrons. The van der Waals surface area contributed by atoms with Gasteiger partial charge in [-0.2, -0.15) is 0 Å². The molecular formula is C20H29N5O4. The van der Waals surface area contributed by atoms with E-state index < -0.39 is 0 Å². The Kier molecular flexibility index (Phi) is 9.32. The van der Waals surface area contributed by atoms with Crippen LogP contribution in [0.3, 0.4) is 0 Å². The lowest BCUT2D eigenvalue weighted by Gasteiger charge is -2.18. The minimum atomic E-state index is -0.112. The lowest BCUT2D eigenvalue weighted by molar-refractivity contribution is 0.164. The first-order valence-electron chi connectivity index (χ1n) is 9.43. The van der Waals surface area contributed by atoms with Gasteiger partial charge in [0.05, 0.1) is 54.9 Å². The van der Waals surface area contributed by atoms with E-state index >= 15 is 0 Å². The van der Waals surface area contributed by atoms with Crippen LogP contribution in [0.25, 0.3) is 0 Å². The van der Waals surface area contributed by atoms with Crippen molar-refractivity contribution in [1.82, 2.24) is 4.90 Å². The van der Waals surface area contributed by atoms with Crippen LogP contribution in [0.5, 0.6) is 5.75 Å². The van der Waals surface area contributed by atoms with E-state index in [1.54, 1.807) is 12.1 Å². The topological polar surface area (TPSA) is 150 Å². The number of nitrogens with zero attached hydrogens (tertiary/aromatic N) is 3. The molecule has 1 aromatic rings. The highest BCUT2D eigenvalue weighted by Crippen LogP contribution is 2.33. The van der Waals surface area contributed by atoms with Crippen molar-refractivity contribution in [3.63, 3.8) is 0 Å². The third kappa shape index (κ3) is 7.31. The molecule has 0 bridgehead atoms. The molecule has 2 rings (SSSR count). The average molecular weight is 403 g/mol. The van der Waals surface area contributed by atoms with Gasteiger partial charge in [-0.25, -0.2) is 4.99 Å². The van der Waals surface area contributed by atoms with E-state index in [1.807, 2.05) is 29.2 Å². The Labute approximate surface area is 170 Å². The van der Waals surface area contributed by atoms with Gasteiger partial charge in [0, 0.05) is 25.7 Å². The monoisotopic (exact) mass is 403 g/mol. The molecule has 7 N–H and O–H groups in total. The molecule has 1 aliphatic carbocycles. The van der Waals surface area contributed by atoms with Crippen LogP contribution in [0.2, 0.25) is 0 Å². The second-order valence-corrected chi connectivity index (χ2v) is 6.32. The highest BCUT2D eigenvalue weighted by Gasteiger charge is 2.08. The molecule has 0 saturated carbocycles. The highest BCUT2D eigenvalue weighted by molar-refractivity contribution is 6.19. The van der Waals surface area contributed by atoms with Gasteiger partial charge >= 0.3 is 0 Å². The van der Waals surface area contributed by atoms with Crippen molar-refractivity contribution in [2.24, 2.45) is 9.98 Å². The summed E-state index contributed by atoms with van der Waals surface area (Å²) in [6, 6.07) is 3.23. The van der Waals surface area contributed by atoms with Crippen LogP contribution in [-0.2, 0) is 0 Å². The Morgan fingerprint density at radius 2 is 1.48 bits per heavy atom. The fourth-order valence-electron chi connectivity index (χ4n) is 2.69. The van der Waals surface area contributed by atoms with Crippen LogP contribution in [0.4, 0.5) is 17.1 Å². The molecule has 158 valence electrons. The van der Waals surface area contributed by atoms with Crippen LogP contribution >= 0.6 is 0 Å². The molecule has 0 unspecified atom stereocenters. The average Bonchev–Trinajstić information content (AvgIpc) is 2.70. The van der Waals surface area contributed by atoms with E-state index in [4.69, 9.17) is 31.5 Å². The van der Waals surface area contributed by atoms with Gasteiger partial charge in [-0.05, 0) is 30.4 Å². The largest absolute Gasteiger partial charge is 0.489 e. The van der Waals surface area contributed by atoms with Gasteiger partial charge in [-0.3, -0.25) is 9.89 Å². The number of nitrogens with two attached hydrogens (primary N) is 2. The molecule has 0 amide bonds. The minimum absolute atomic E-state index is 0.0528. The molecule has 9 nitrogen and oxygen atoms in total. The number of hydrogen-bond donors (Lipinski definition) is 5. The number of aliphatic hydroxyl groups excluding tert-OH is 3. The maximum atomic E-state index is 9.03. The summed E-state index contributed by atoms with van der Waals surface area (Å²) in [5.74, 6) is 0.425. The lowest BCUT2D eigenvalue weighted by Crippen LogP contribution is -2.32. The maximum Gasteiger partial charge on any atom is 0.144 e. The van der Waals surface area contributed by atoms with Crippen molar-refractivity contribution in [2.75, 3.05) is 64.1 Å². The Hall–Kier alpha value is -2.72. The summed E-state index contributed by atoms with van der Waals surface area (Å²) in [6.45, 7) is 2.38. The maximum absolute atomic E-state index is 9.03. The Morgan fingerprint density at radius 3 is 2.10 bits per heavy atom. The van der Waals surface area contributed by atoms with Gasteiger partial charge in [-0.1, -0.05) is 0 Å². The number of ether oxygens (including phenoxy) is 1. The van der Waals surface area contributed by atoms with E-state index in [1.165, 1.54) is 0 Å². The first kappa shape index (κ1) is 22.6. The van der Waals surface area contributed by atoms with Crippen molar-refractivity contribution in [2.45, 2.75) is 0 Å². The predicted molar refractivity (Wildman–Crippen MR) is 116 cm³/mol. The lowest BCUT2D eigenvalue weighted by atomic mass is 10.1. The number of hydrogen-bond acceptors (Lipinski definition) is 9. The minimum Gasteiger partial charge on any atom is -0.489 e. The molecule has 0 aliphatic heterocycles. The van der Waals surface area contributed by atoms with Crippen molar-refractivity contribution >= 4 is 28.5 Å². The quantitative estimate of drug-likeness (QED) is 0.261. The summed E-state index contributed by atoms with van der Waals surface area (Å²) in [7, 11) is 0. The fourth-order valence-corrected chi connectivity index (χ4v) is 2.69. The smallest absolute Gasteiger partial charge is 0.144 e. The van der Waals surface area contributed by atoms with E-state index in [9.17, 15) is 0 Å². The highest BCUT2D eigenvalue weighted by atomic mass is 16.5. The first-order valence-corrected chi connectivity index (χ1v) is 9.43. The van der Waals surface area contributed by atoms with Crippen molar-refractivity contribution in [1.29, 1.82) is 0 Å². The van der Waals surface area contributed by atoms with Crippen LogP contribution in [0.15, 0.2) is 46.4 Å². The number of aliphatic imine (C=N–C) groups is 2. The standard InChI is InChI=1S/C20H29N5O4/c21-17-13-18(22)20(29-12-11-28)14-19(17)24-16-3-1-15(2-4-16)23-5-6-25(7-9-26)8-10-27/h1-4,13-14,26-28H,5-12,21-22H2. The molecule has 0 saturated heterocycles. The third-order valence-corrected chi connectivity index (χ3v) is 4.15.